The van der Waals surface area contributed by atoms with Crippen LogP contribution in [0.2, 0.25) is 10.0 Å². The zero-order valence-corrected chi connectivity index (χ0v) is 14.4. The molecule has 1 unspecified atom stereocenters. The Morgan fingerprint density at radius 2 is 1.96 bits per heavy atom. The highest BCUT2D eigenvalue weighted by Crippen LogP contribution is 2.28. The number of hydrogen-bond donors (Lipinski definition) is 1. The first kappa shape index (κ1) is 18.0. The van der Waals surface area contributed by atoms with Crippen LogP contribution in [0, 0.1) is 17.0 Å². The van der Waals surface area contributed by atoms with E-state index in [0.29, 0.717) is 22.0 Å². The van der Waals surface area contributed by atoms with Gasteiger partial charge >= 0.3 is 0 Å². The fraction of sp³-hybridized carbons (Fsp3) is 0.188. The molecule has 0 aliphatic heterocycles. The third-order valence-electron chi connectivity index (χ3n) is 3.24. The van der Waals surface area contributed by atoms with E-state index in [1.54, 1.807) is 38.1 Å². The molecule has 0 aliphatic rings. The SMILES string of the molecule is Cc1ccc(NC(=O)C(C)Oc2ccc(Cl)cc2Cl)cc1[N+](=O)[O-]. The molecule has 2 aromatic carbocycles. The molecule has 1 amide bonds. The maximum absolute atomic E-state index is 12.2. The molecule has 0 radical (unpaired) electrons. The average molecular weight is 369 g/mol. The zero-order valence-electron chi connectivity index (χ0n) is 12.9. The van der Waals surface area contributed by atoms with E-state index in [1.165, 1.54) is 12.1 Å². The van der Waals surface area contributed by atoms with Crippen LogP contribution in [0.1, 0.15) is 12.5 Å². The van der Waals surface area contributed by atoms with Gasteiger partial charge in [0.2, 0.25) is 0 Å². The van der Waals surface area contributed by atoms with Crippen molar-refractivity contribution in [2.75, 3.05) is 5.32 Å². The molecule has 0 spiro atoms. The number of carbonyl (C=O) groups is 1. The highest BCUT2D eigenvalue weighted by molar-refractivity contribution is 6.35. The molecular formula is C16H14Cl2N2O4. The second-order valence-corrected chi connectivity index (χ2v) is 5.93. The van der Waals surface area contributed by atoms with Gasteiger partial charge < -0.3 is 10.1 Å². The number of nitrogens with one attached hydrogen (secondary N) is 1. The number of amides is 1. The number of halogens is 2. The summed E-state index contributed by atoms with van der Waals surface area (Å²) in [6.45, 7) is 3.17. The molecule has 0 saturated heterocycles. The van der Waals surface area contributed by atoms with Crippen LogP contribution < -0.4 is 10.1 Å². The molecule has 0 aliphatic carbocycles. The number of ether oxygens (including phenoxy) is 1. The maximum Gasteiger partial charge on any atom is 0.274 e. The van der Waals surface area contributed by atoms with Crippen molar-refractivity contribution in [1.82, 2.24) is 0 Å². The van der Waals surface area contributed by atoms with Gasteiger partial charge in [0.05, 0.1) is 9.95 Å². The van der Waals surface area contributed by atoms with Crippen LogP contribution in [-0.4, -0.2) is 16.9 Å². The molecule has 2 aromatic rings. The van der Waals surface area contributed by atoms with Gasteiger partial charge in [-0.05, 0) is 38.1 Å². The van der Waals surface area contributed by atoms with Crippen LogP contribution in [0.4, 0.5) is 11.4 Å². The predicted molar refractivity (Wildman–Crippen MR) is 93.0 cm³/mol. The molecule has 1 atom stereocenters. The number of benzene rings is 2. The average Bonchev–Trinajstić information content (AvgIpc) is 2.51. The van der Waals surface area contributed by atoms with Crippen LogP contribution >= 0.6 is 23.2 Å². The summed E-state index contributed by atoms with van der Waals surface area (Å²) in [6, 6.07) is 9.11. The molecule has 126 valence electrons. The summed E-state index contributed by atoms with van der Waals surface area (Å²) < 4.78 is 5.50. The van der Waals surface area contributed by atoms with E-state index in [1.807, 2.05) is 0 Å². The minimum atomic E-state index is -0.857. The molecule has 0 saturated carbocycles. The second-order valence-electron chi connectivity index (χ2n) is 5.08. The topological polar surface area (TPSA) is 81.5 Å². The standard InChI is InChI=1S/C16H14Cl2N2O4/c1-9-3-5-12(8-14(9)20(22)23)19-16(21)10(2)24-15-6-4-11(17)7-13(15)18/h3-8,10H,1-2H3,(H,19,21). The highest BCUT2D eigenvalue weighted by atomic mass is 35.5. The van der Waals surface area contributed by atoms with Crippen molar-refractivity contribution >= 4 is 40.5 Å². The van der Waals surface area contributed by atoms with E-state index in [-0.39, 0.29) is 10.7 Å². The predicted octanol–water partition coefficient (Wildman–Crippen LogP) is 4.62. The summed E-state index contributed by atoms with van der Waals surface area (Å²) >= 11 is 11.8. The first-order valence-corrected chi connectivity index (χ1v) is 7.71. The molecule has 6 nitrogen and oxygen atoms in total. The Labute approximate surface area is 148 Å². The van der Waals surface area contributed by atoms with Gasteiger partial charge in [-0.25, -0.2) is 0 Å². The fourth-order valence-electron chi connectivity index (χ4n) is 1.94. The number of rotatable bonds is 5. The van der Waals surface area contributed by atoms with E-state index >= 15 is 0 Å². The summed E-state index contributed by atoms with van der Waals surface area (Å²) in [5.74, 6) is -0.141. The number of aryl methyl sites for hydroxylation is 1. The summed E-state index contributed by atoms with van der Waals surface area (Å²) in [4.78, 5) is 22.6. The van der Waals surface area contributed by atoms with Crippen LogP contribution in [0.25, 0.3) is 0 Å². The molecule has 2 rings (SSSR count). The minimum Gasteiger partial charge on any atom is -0.479 e. The molecule has 0 fully saturated rings. The van der Waals surface area contributed by atoms with Crippen molar-refractivity contribution in [1.29, 1.82) is 0 Å². The normalized spacial score (nSPS) is 11.7. The lowest BCUT2D eigenvalue weighted by atomic mass is 10.2. The van der Waals surface area contributed by atoms with Crippen LogP contribution in [-0.2, 0) is 4.79 Å². The van der Waals surface area contributed by atoms with E-state index in [9.17, 15) is 14.9 Å². The van der Waals surface area contributed by atoms with Crippen molar-refractivity contribution < 1.29 is 14.5 Å². The molecule has 1 N–H and O–H groups in total. The monoisotopic (exact) mass is 368 g/mol. The smallest absolute Gasteiger partial charge is 0.274 e. The number of nitro benzene ring substituents is 1. The van der Waals surface area contributed by atoms with Gasteiger partial charge in [0.25, 0.3) is 11.6 Å². The summed E-state index contributed by atoms with van der Waals surface area (Å²) in [5.41, 5.74) is 0.757. The molecule has 8 heteroatoms. The van der Waals surface area contributed by atoms with Crippen molar-refractivity contribution in [2.45, 2.75) is 20.0 Å². The number of carbonyl (C=O) groups excluding carboxylic acids is 1. The number of anilines is 1. The Kier molecular flexibility index (Phi) is 5.64. The van der Waals surface area contributed by atoms with E-state index in [4.69, 9.17) is 27.9 Å². The Hall–Kier alpha value is -2.31. The van der Waals surface area contributed by atoms with Gasteiger partial charge in [-0.2, -0.15) is 0 Å². The largest absolute Gasteiger partial charge is 0.479 e. The molecule has 0 heterocycles. The van der Waals surface area contributed by atoms with Crippen molar-refractivity contribution in [2.24, 2.45) is 0 Å². The van der Waals surface area contributed by atoms with Gasteiger partial charge in [-0.1, -0.05) is 29.3 Å². The third-order valence-corrected chi connectivity index (χ3v) is 3.77. The van der Waals surface area contributed by atoms with Gasteiger partial charge in [-0.3, -0.25) is 14.9 Å². The molecule has 0 bridgehead atoms. The van der Waals surface area contributed by atoms with Gasteiger partial charge in [0.1, 0.15) is 5.75 Å². The first-order valence-electron chi connectivity index (χ1n) is 6.95. The Balaban J connectivity index is 2.09. The van der Waals surface area contributed by atoms with Crippen LogP contribution in [0.3, 0.4) is 0 Å². The van der Waals surface area contributed by atoms with Crippen molar-refractivity contribution in [3.05, 3.63) is 62.1 Å². The summed E-state index contributed by atoms with van der Waals surface area (Å²) in [7, 11) is 0. The Morgan fingerprint density at radius 1 is 1.25 bits per heavy atom. The highest BCUT2D eigenvalue weighted by Gasteiger charge is 2.18. The third kappa shape index (κ3) is 4.37. The first-order chi connectivity index (χ1) is 11.3. The molecule has 24 heavy (non-hydrogen) atoms. The number of hydrogen-bond acceptors (Lipinski definition) is 4. The molecule has 0 aromatic heterocycles. The van der Waals surface area contributed by atoms with Crippen molar-refractivity contribution in [3.8, 4) is 5.75 Å². The van der Waals surface area contributed by atoms with Crippen molar-refractivity contribution in [3.63, 3.8) is 0 Å². The van der Waals surface area contributed by atoms with Gasteiger partial charge in [0.15, 0.2) is 6.10 Å². The summed E-state index contributed by atoms with van der Waals surface area (Å²) in [6.07, 6.45) is -0.857. The second kappa shape index (κ2) is 7.51. The lowest BCUT2D eigenvalue weighted by Gasteiger charge is -2.16. The zero-order chi connectivity index (χ0) is 17.9. The lowest BCUT2D eigenvalue weighted by molar-refractivity contribution is -0.385. The minimum absolute atomic E-state index is 0.0675. The summed E-state index contributed by atoms with van der Waals surface area (Å²) in [5, 5.41) is 14.3. The quantitative estimate of drug-likeness (QED) is 0.616. The van der Waals surface area contributed by atoms with Crippen LogP contribution in [0.15, 0.2) is 36.4 Å². The van der Waals surface area contributed by atoms with E-state index < -0.39 is 16.9 Å². The maximum atomic E-state index is 12.2. The fourth-order valence-corrected chi connectivity index (χ4v) is 2.40. The number of nitro groups is 1. The number of nitrogens with zero attached hydrogens (tertiary/aromatic N) is 1. The van der Waals surface area contributed by atoms with Gasteiger partial charge in [-0.15, -0.1) is 0 Å². The van der Waals surface area contributed by atoms with E-state index in [0.717, 1.165) is 0 Å². The Bertz CT molecular complexity index is 796. The Morgan fingerprint density at radius 3 is 2.58 bits per heavy atom. The lowest BCUT2D eigenvalue weighted by Crippen LogP contribution is -2.30. The van der Waals surface area contributed by atoms with Crippen LogP contribution in [0.5, 0.6) is 5.75 Å². The van der Waals surface area contributed by atoms with Gasteiger partial charge in [0, 0.05) is 22.3 Å². The van der Waals surface area contributed by atoms with E-state index in [2.05, 4.69) is 5.32 Å². The molecular weight excluding hydrogens is 355 g/mol.